The maximum Gasteiger partial charge on any atom is 0.0366 e. The molecule has 0 aliphatic heterocycles. The van der Waals surface area contributed by atoms with Crippen molar-refractivity contribution in [2.75, 3.05) is 12.8 Å². The number of benzene rings is 2. The number of hydrogen-bond acceptors (Lipinski definition) is 2. The molecule has 0 bridgehead atoms. The largest absolute Gasteiger partial charge is 0.398 e. The van der Waals surface area contributed by atoms with Crippen LogP contribution in [0.5, 0.6) is 0 Å². The first-order chi connectivity index (χ1) is 9.47. The summed E-state index contributed by atoms with van der Waals surface area (Å²) in [6.07, 6.45) is 1.21. The third-order valence-electron chi connectivity index (χ3n) is 3.99. The first-order valence-electron chi connectivity index (χ1n) is 7.44. The zero-order valence-electron chi connectivity index (χ0n) is 13.1. The van der Waals surface area contributed by atoms with E-state index in [0.29, 0.717) is 6.04 Å². The van der Waals surface area contributed by atoms with Gasteiger partial charge in [0.15, 0.2) is 0 Å². The lowest BCUT2D eigenvalue weighted by atomic mass is 10.0. The van der Waals surface area contributed by atoms with Crippen molar-refractivity contribution in [3.05, 3.63) is 42.0 Å². The van der Waals surface area contributed by atoms with Gasteiger partial charge in [0.25, 0.3) is 0 Å². The van der Waals surface area contributed by atoms with Crippen LogP contribution >= 0.6 is 0 Å². The average molecular weight is 270 g/mol. The Labute approximate surface area is 122 Å². The van der Waals surface area contributed by atoms with E-state index >= 15 is 0 Å². The van der Waals surface area contributed by atoms with Gasteiger partial charge in [-0.15, -0.1) is 0 Å². The lowest BCUT2D eigenvalue weighted by Gasteiger charge is -2.26. The van der Waals surface area contributed by atoms with E-state index in [9.17, 15) is 0 Å². The Balaban J connectivity index is 2.18. The molecule has 1 unspecified atom stereocenters. The van der Waals surface area contributed by atoms with Crippen molar-refractivity contribution in [1.82, 2.24) is 4.90 Å². The van der Waals surface area contributed by atoms with E-state index in [1.807, 2.05) is 0 Å². The first-order valence-corrected chi connectivity index (χ1v) is 7.44. The van der Waals surface area contributed by atoms with Crippen molar-refractivity contribution in [3.63, 3.8) is 0 Å². The molecule has 0 aliphatic rings. The first kappa shape index (κ1) is 14.9. The second kappa shape index (κ2) is 6.27. The zero-order chi connectivity index (χ0) is 14.7. The Morgan fingerprint density at radius 2 is 1.65 bits per heavy atom. The molecule has 0 radical (unpaired) electrons. The quantitative estimate of drug-likeness (QED) is 0.821. The second-order valence-corrected chi connectivity index (χ2v) is 6.29. The molecule has 0 spiro atoms. The van der Waals surface area contributed by atoms with E-state index in [1.54, 1.807) is 0 Å². The van der Waals surface area contributed by atoms with Crippen molar-refractivity contribution < 1.29 is 0 Å². The Kier molecular flexibility index (Phi) is 4.66. The molecule has 1 atom stereocenters. The second-order valence-electron chi connectivity index (χ2n) is 6.29. The zero-order valence-corrected chi connectivity index (χ0v) is 13.1. The highest BCUT2D eigenvalue weighted by Crippen LogP contribution is 2.24. The van der Waals surface area contributed by atoms with Crippen LogP contribution in [0.2, 0.25) is 0 Å². The van der Waals surface area contributed by atoms with Gasteiger partial charge in [-0.3, -0.25) is 4.90 Å². The normalized spacial score (nSPS) is 13.3. The van der Waals surface area contributed by atoms with Crippen LogP contribution in [0.15, 0.2) is 36.4 Å². The SMILES string of the molecule is CC(C)CC(C)N(C)Cc1cc2ccccc2cc1N. The molecule has 2 nitrogen and oxygen atoms in total. The summed E-state index contributed by atoms with van der Waals surface area (Å²) >= 11 is 0. The average Bonchev–Trinajstić information content (AvgIpc) is 2.38. The van der Waals surface area contributed by atoms with E-state index in [-0.39, 0.29) is 0 Å². The molecule has 2 aromatic carbocycles. The molecule has 0 fully saturated rings. The van der Waals surface area contributed by atoms with E-state index in [0.717, 1.165) is 18.2 Å². The van der Waals surface area contributed by atoms with E-state index in [4.69, 9.17) is 5.73 Å². The van der Waals surface area contributed by atoms with Crippen LogP contribution in [0.3, 0.4) is 0 Å². The molecular weight excluding hydrogens is 244 g/mol. The number of hydrogen-bond donors (Lipinski definition) is 1. The number of nitrogens with zero attached hydrogens (tertiary/aromatic N) is 1. The fourth-order valence-electron chi connectivity index (χ4n) is 2.73. The van der Waals surface area contributed by atoms with Crippen LogP contribution in [0.1, 0.15) is 32.8 Å². The van der Waals surface area contributed by atoms with Crippen molar-refractivity contribution >= 4 is 16.5 Å². The van der Waals surface area contributed by atoms with Crippen LogP contribution in [0.25, 0.3) is 10.8 Å². The van der Waals surface area contributed by atoms with Crippen molar-refractivity contribution in [2.24, 2.45) is 5.92 Å². The fraction of sp³-hybridized carbons (Fsp3) is 0.444. The van der Waals surface area contributed by atoms with Crippen LogP contribution in [-0.4, -0.2) is 18.0 Å². The number of rotatable bonds is 5. The summed E-state index contributed by atoms with van der Waals surface area (Å²) in [6.45, 7) is 7.74. The number of anilines is 1. The van der Waals surface area contributed by atoms with Gasteiger partial charge in [-0.1, -0.05) is 38.1 Å². The van der Waals surface area contributed by atoms with Gasteiger partial charge in [-0.05, 0) is 54.8 Å². The highest BCUT2D eigenvalue weighted by atomic mass is 15.1. The van der Waals surface area contributed by atoms with Gasteiger partial charge in [-0.25, -0.2) is 0 Å². The van der Waals surface area contributed by atoms with Gasteiger partial charge in [0.2, 0.25) is 0 Å². The third-order valence-corrected chi connectivity index (χ3v) is 3.99. The van der Waals surface area contributed by atoms with E-state index in [1.165, 1.54) is 22.8 Å². The molecular formula is C18H26N2. The standard InChI is InChI=1S/C18H26N2/c1-13(2)9-14(3)20(4)12-17-10-15-7-5-6-8-16(15)11-18(17)19/h5-8,10-11,13-14H,9,12,19H2,1-4H3. The minimum Gasteiger partial charge on any atom is -0.398 e. The third kappa shape index (κ3) is 3.51. The van der Waals surface area contributed by atoms with Gasteiger partial charge in [0, 0.05) is 18.3 Å². The van der Waals surface area contributed by atoms with Crippen molar-refractivity contribution in [3.8, 4) is 0 Å². The summed E-state index contributed by atoms with van der Waals surface area (Å²) in [5.41, 5.74) is 8.33. The summed E-state index contributed by atoms with van der Waals surface area (Å²) in [5, 5.41) is 2.48. The summed E-state index contributed by atoms with van der Waals surface area (Å²) in [6, 6.07) is 13.3. The predicted molar refractivity (Wildman–Crippen MR) is 88.7 cm³/mol. The summed E-state index contributed by atoms with van der Waals surface area (Å²) in [5.74, 6) is 0.724. The minimum absolute atomic E-state index is 0.570. The van der Waals surface area contributed by atoms with Gasteiger partial charge in [0.05, 0.1) is 0 Å². The van der Waals surface area contributed by atoms with Gasteiger partial charge in [0.1, 0.15) is 0 Å². The topological polar surface area (TPSA) is 29.3 Å². The van der Waals surface area contributed by atoms with Gasteiger partial charge >= 0.3 is 0 Å². The molecule has 2 N–H and O–H groups in total. The minimum atomic E-state index is 0.570. The monoisotopic (exact) mass is 270 g/mol. The van der Waals surface area contributed by atoms with Crippen molar-refractivity contribution in [1.29, 1.82) is 0 Å². The molecule has 108 valence electrons. The van der Waals surface area contributed by atoms with Crippen LogP contribution in [0.4, 0.5) is 5.69 Å². The van der Waals surface area contributed by atoms with Crippen LogP contribution in [0, 0.1) is 5.92 Å². The predicted octanol–water partition coefficient (Wildman–Crippen LogP) is 4.29. The van der Waals surface area contributed by atoms with Crippen molar-refractivity contribution in [2.45, 2.75) is 39.8 Å². The molecule has 0 heterocycles. The molecule has 0 aromatic heterocycles. The molecule has 2 aromatic rings. The molecule has 0 aliphatic carbocycles. The summed E-state index contributed by atoms with van der Waals surface area (Å²) in [4.78, 5) is 2.39. The summed E-state index contributed by atoms with van der Waals surface area (Å²) < 4.78 is 0. The number of nitrogens with two attached hydrogens (primary N) is 1. The Morgan fingerprint density at radius 1 is 1.05 bits per heavy atom. The molecule has 2 heteroatoms. The summed E-state index contributed by atoms with van der Waals surface area (Å²) in [7, 11) is 2.18. The highest BCUT2D eigenvalue weighted by molar-refractivity contribution is 5.86. The fourth-order valence-corrected chi connectivity index (χ4v) is 2.73. The maximum atomic E-state index is 6.21. The highest BCUT2D eigenvalue weighted by Gasteiger charge is 2.13. The molecule has 0 amide bonds. The van der Waals surface area contributed by atoms with Crippen LogP contribution < -0.4 is 5.73 Å². The molecule has 2 rings (SSSR count). The molecule has 0 saturated heterocycles. The lowest BCUT2D eigenvalue weighted by molar-refractivity contribution is 0.221. The van der Waals surface area contributed by atoms with Gasteiger partial charge < -0.3 is 5.73 Å². The number of nitrogen functional groups attached to an aromatic ring is 1. The molecule has 0 saturated carbocycles. The van der Waals surface area contributed by atoms with E-state index in [2.05, 4.69) is 69.1 Å². The molecule has 20 heavy (non-hydrogen) atoms. The lowest BCUT2D eigenvalue weighted by Crippen LogP contribution is -2.30. The number of fused-ring (bicyclic) bond motifs is 1. The Morgan fingerprint density at radius 3 is 2.25 bits per heavy atom. The Hall–Kier alpha value is -1.54. The van der Waals surface area contributed by atoms with Gasteiger partial charge in [-0.2, -0.15) is 0 Å². The smallest absolute Gasteiger partial charge is 0.0366 e. The Bertz CT molecular complexity index is 575. The van der Waals surface area contributed by atoms with E-state index < -0.39 is 0 Å². The van der Waals surface area contributed by atoms with Crippen LogP contribution in [-0.2, 0) is 6.54 Å². The maximum absolute atomic E-state index is 6.21.